The van der Waals surface area contributed by atoms with E-state index in [-0.39, 0.29) is 30.0 Å². The summed E-state index contributed by atoms with van der Waals surface area (Å²) in [6.45, 7) is 3.08. The molecule has 32 heavy (non-hydrogen) atoms. The molecule has 0 radical (unpaired) electrons. The molecule has 2 N–H and O–H groups in total. The zero-order valence-electron chi connectivity index (χ0n) is 18.5. The average molecular weight is 437 g/mol. The highest BCUT2D eigenvalue weighted by atomic mass is 16.2. The van der Waals surface area contributed by atoms with E-state index in [9.17, 15) is 14.4 Å². The normalized spacial score (nSPS) is 17.2. The highest BCUT2D eigenvalue weighted by Crippen LogP contribution is 2.18. The van der Waals surface area contributed by atoms with E-state index in [0.717, 1.165) is 45.3 Å². The Morgan fingerprint density at radius 3 is 2.34 bits per heavy atom. The van der Waals surface area contributed by atoms with Crippen molar-refractivity contribution in [3.8, 4) is 0 Å². The predicted octanol–water partition coefficient (Wildman–Crippen LogP) is 3.15. The topological polar surface area (TPSA) is 83.4 Å². The second-order valence-electron chi connectivity index (χ2n) is 8.92. The lowest BCUT2D eigenvalue weighted by molar-refractivity contribution is -0.116. The Hall–Kier alpha value is -2.93. The fourth-order valence-corrected chi connectivity index (χ4v) is 4.55. The Morgan fingerprint density at radius 2 is 1.62 bits per heavy atom. The molecular formula is C25H32N4O3. The Balaban J connectivity index is 1.33. The van der Waals surface area contributed by atoms with Gasteiger partial charge in [0.1, 0.15) is 6.54 Å². The summed E-state index contributed by atoms with van der Waals surface area (Å²) in [5.74, 6) is -0.496. The van der Waals surface area contributed by atoms with Gasteiger partial charge in [0, 0.05) is 30.5 Å². The summed E-state index contributed by atoms with van der Waals surface area (Å²) in [5.41, 5.74) is 2.00. The zero-order valence-corrected chi connectivity index (χ0v) is 18.5. The van der Waals surface area contributed by atoms with Crippen molar-refractivity contribution in [3.05, 3.63) is 64.1 Å². The third-order valence-electron chi connectivity index (χ3n) is 6.34. The molecule has 0 spiro atoms. The predicted molar refractivity (Wildman–Crippen MR) is 125 cm³/mol. The van der Waals surface area contributed by atoms with Crippen molar-refractivity contribution in [2.75, 3.05) is 18.4 Å². The molecule has 0 atom stereocenters. The largest absolute Gasteiger partial charge is 0.349 e. The van der Waals surface area contributed by atoms with Crippen molar-refractivity contribution >= 4 is 17.5 Å². The smallest absolute Gasteiger partial charge is 0.252 e. The second-order valence-corrected chi connectivity index (χ2v) is 8.92. The number of anilines is 1. The first-order valence-corrected chi connectivity index (χ1v) is 11.7. The van der Waals surface area contributed by atoms with Gasteiger partial charge >= 0.3 is 0 Å². The first-order valence-electron chi connectivity index (χ1n) is 11.7. The van der Waals surface area contributed by atoms with Crippen LogP contribution in [0.25, 0.3) is 0 Å². The summed E-state index contributed by atoms with van der Waals surface area (Å²) in [7, 11) is 0. The van der Waals surface area contributed by atoms with Crippen molar-refractivity contribution in [3.63, 3.8) is 0 Å². The molecule has 2 amide bonds. The summed E-state index contributed by atoms with van der Waals surface area (Å²) >= 11 is 0. The van der Waals surface area contributed by atoms with Crippen LogP contribution >= 0.6 is 0 Å². The van der Waals surface area contributed by atoms with Gasteiger partial charge < -0.3 is 15.2 Å². The number of nitrogens with zero attached hydrogens (tertiary/aromatic N) is 2. The van der Waals surface area contributed by atoms with E-state index in [1.165, 1.54) is 47.7 Å². The molecule has 2 fully saturated rings. The average Bonchev–Trinajstić information content (AvgIpc) is 3.30. The minimum Gasteiger partial charge on any atom is -0.349 e. The lowest BCUT2D eigenvalue weighted by atomic mass is 9.95. The van der Waals surface area contributed by atoms with Crippen LogP contribution in [0.2, 0.25) is 0 Å². The highest BCUT2D eigenvalue weighted by Gasteiger charge is 2.17. The van der Waals surface area contributed by atoms with Crippen LogP contribution in [0.15, 0.2) is 47.4 Å². The maximum Gasteiger partial charge on any atom is 0.252 e. The van der Waals surface area contributed by atoms with Crippen molar-refractivity contribution in [2.24, 2.45) is 0 Å². The van der Waals surface area contributed by atoms with Gasteiger partial charge in [-0.25, -0.2) is 0 Å². The maximum atomic E-state index is 12.6. The Morgan fingerprint density at radius 1 is 0.906 bits per heavy atom. The molecule has 1 aromatic carbocycles. The molecule has 7 nitrogen and oxygen atoms in total. The lowest BCUT2D eigenvalue weighted by Crippen LogP contribution is -2.37. The molecule has 170 valence electrons. The fraction of sp³-hybridized carbons (Fsp3) is 0.480. The summed E-state index contributed by atoms with van der Waals surface area (Å²) < 4.78 is 1.28. The SMILES string of the molecule is O=C(Cn1cc(C(=O)NC2CCCCC2)ccc1=O)Nc1ccc(CN2CCCC2)cc1. The van der Waals surface area contributed by atoms with Crippen LogP contribution in [0.1, 0.15) is 60.9 Å². The van der Waals surface area contributed by atoms with Gasteiger partial charge in [-0.1, -0.05) is 31.4 Å². The highest BCUT2D eigenvalue weighted by molar-refractivity contribution is 5.94. The number of likely N-dealkylation sites (tertiary alicyclic amines) is 1. The minimum atomic E-state index is -0.310. The number of benzene rings is 1. The summed E-state index contributed by atoms with van der Waals surface area (Å²) in [5, 5.41) is 5.89. The number of nitrogens with one attached hydrogen (secondary N) is 2. The van der Waals surface area contributed by atoms with Crippen LogP contribution in [0.5, 0.6) is 0 Å². The molecule has 1 aromatic heterocycles. The van der Waals surface area contributed by atoms with Crippen LogP contribution in [0.4, 0.5) is 5.69 Å². The zero-order chi connectivity index (χ0) is 22.3. The fourth-order valence-electron chi connectivity index (χ4n) is 4.55. The molecule has 0 unspecified atom stereocenters. The van der Waals surface area contributed by atoms with Gasteiger partial charge in [0.25, 0.3) is 11.5 Å². The van der Waals surface area contributed by atoms with Gasteiger partial charge in [0.15, 0.2) is 0 Å². The Labute approximate surface area is 188 Å². The van der Waals surface area contributed by atoms with Crippen LogP contribution in [0.3, 0.4) is 0 Å². The van der Waals surface area contributed by atoms with Gasteiger partial charge in [0.05, 0.1) is 5.56 Å². The van der Waals surface area contributed by atoms with Crippen LogP contribution in [-0.2, 0) is 17.9 Å². The number of aromatic nitrogens is 1. The number of carbonyl (C=O) groups is 2. The number of carbonyl (C=O) groups excluding carboxylic acids is 2. The molecule has 2 aliphatic rings. The summed E-state index contributed by atoms with van der Waals surface area (Å²) in [6.07, 6.45) is 9.45. The molecule has 4 rings (SSSR count). The number of amides is 2. The van der Waals surface area contributed by atoms with Crippen LogP contribution in [-0.4, -0.2) is 40.4 Å². The van der Waals surface area contributed by atoms with Gasteiger partial charge in [-0.2, -0.15) is 0 Å². The maximum absolute atomic E-state index is 12.6. The summed E-state index contributed by atoms with van der Waals surface area (Å²) in [4.78, 5) is 39.8. The van der Waals surface area contributed by atoms with E-state index in [0.29, 0.717) is 11.3 Å². The van der Waals surface area contributed by atoms with Crippen molar-refractivity contribution in [1.29, 1.82) is 0 Å². The number of hydrogen-bond donors (Lipinski definition) is 2. The van der Waals surface area contributed by atoms with Gasteiger partial charge in [-0.05, 0) is 62.5 Å². The first-order chi connectivity index (χ1) is 15.6. The molecule has 7 heteroatoms. The van der Waals surface area contributed by atoms with Crippen LogP contribution < -0.4 is 16.2 Å². The van der Waals surface area contributed by atoms with E-state index in [4.69, 9.17) is 0 Å². The number of rotatable bonds is 7. The molecule has 1 aliphatic heterocycles. The molecule has 2 heterocycles. The molecular weight excluding hydrogens is 404 g/mol. The quantitative estimate of drug-likeness (QED) is 0.699. The van der Waals surface area contributed by atoms with Gasteiger partial charge in [-0.3, -0.25) is 19.3 Å². The minimum absolute atomic E-state index is 0.140. The van der Waals surface area contributed by atoms with E-state index in [1.807, 2.05) is 24.3 Å². The van der Waals surface area contributed by atoms with E-state index in [2.05, 4.69) is 15.5 Å². The van der Waals surface area contributed by atoms with Crippen LogP contribution in [0, 0.1) is 0 Å². The monoisotopic (exact) mass is 436 g/mol. The molecule has 1 saturated heterocycles. The third kappa shape index (κ3) is 6.07. The van der Waals surface area contributed by atoms with E-state index in [1.54, 1.807) is 0 Å². The van der Waals surface area contributed by atoms with E-state index < -0.39 is 0 Å². The standard InChI is InChI=1S/C25H32N4O3/c30-23(26-22-11-8-19(9-12-22)16-28-14-4-5-15-28)18-29-17-20(10-13-24(29)31)25(32)27-21-6-2-1-3-7-21/h8-13,17,21H,1-7,14-16,18H2,(H,26,30)(H,27,32). The lowest BCUT2D eigenvalue weighted by Gasteiger charge is -2.22. The van der Waals surface area contributed by atoms with E-state index >= 15 is 0 Å². The molecule has 0 bridgehead atoms. The molecule has 1 aliphatic carbocycles. The van der Waals surface area contributed by atoms with Crippen molar-refractivity contribution in [1.82, 2.24) is 14.8 Å². The first kappa shape index (κ1) is 22.3. The van der Waals surface area contributed by atoms with Gasteiger partial charge in [-0.15, -0.1) is 0 Å². The summed E-state index contributed by atoms with van der Waals surface area (Å²) in [6, 6.07) is 10.9. The molecule has 1 saturated carbocycles. The van der Waals surface area contributed by atoms with Gasteiger partial charge in [0.2, 0.25) is 5.91 Å². The van der Waals surface area contributed by atoms with Crippen molar-refractivity contribution < 1.29 is 9.59 Å². The van der Waals surface area contributed by atoms with Crippen molar-refractivity contribution in [2.45, 2.75) is 64.1 Å². The number of hydrogen-bond acceptors (Lipinski definition) is 4. The second kappa shape index (κ2) is 10.6. The Bertz CT molecular complexity index is 987. The number of pyridine rings is 1. The third-order valence-corrected chi connectivity index (χ3v) is 6.34. The Kier molecular flexibility index (Phi) is 7.37. The molecule has 2 aromatic rings.